The molecule has 0 fully saturated rings. The molecule has 214 valence electrons. The molecule has 43 heavy (non-hydrogen) atoms. The second kappa shape index (κ2) is 13.0. The van der Waals surface area contributed by atoms with Gasteiger partial charge in [-0.05, 0) is 83.8 Å². The SMILES string of the molecule is Cc1ccc(Cn2cc([C@@H](CC(=O)NCc3ccncc3)c3cccc(Oc4ccc(Cl)cc4)c3)c3ccccc32)cc1. The van der Waals surface area contributed by atoms with E-state index in [9.17, 15) is 4.79 Å². The van der Waals surface area contributed by atoms with Crippen molar-refractivity contribution >= 4 is 28.4 Å². The second-order valence-corrected chi connectivity index (χ2v) is 11.2. The molecule has 1 atom stereocenters. The number of hydrogen-bond donors (Lipinski definition) is 1. The summed E-state index contributed by atoms with van der Waals surface area (Å²) in [7, 11) is 0. The molecule has 6 aromatic rings. The van der Waals surface area contributed by atoms with Crippen molar-refractivity contribution in [3.05, 3.63) is 161 Å². The minimum absolute atomic E-state index is 0.0267. The number of rotatable bonds is 10. The largest absolute Gasteiger partial charge is 0.457 e. The third kappa shape index (κ3) is 6.96. The molecule has 2 aromatic heterocycles. The molecule has 4 aromatic carbocycles. The quantitative estimate of drug-likeness (QED) is 0.175. The highest BCUT2D eigenvalue weighted by Crippen LogP contribution is 2.37. The van der Waals surface area contributed by atoms with Gasteiger partial charge in [0.2, 0.25) is 5.91 Å². The van der Waals surface area contributed by atoms with E-state index in [2.05, 4.69) is 82.6 Å². The first-order chi connectivity index (χ1) is 21.0. The van der Waals surface area contributed by atoms with Crippen molar-refractivity contribution in [2.75, 3.05) is 0 Å². The lowest BCUT2D eigenvalue weighted by molar-refractivity contribution is -0.121. The Bertz CT molecular complexity index is 1830. The summed E-state index contributed by atoms with van der Waals surface area (Å²) in [5.74, 6) is 1.17. The molecule has 0 bridgehead atoms. The first-order valence-electron chi connectivity index (χ1n) is 14.3. The Kier molecular flexibility index (Phi) is 8.52. The lowest BCUT2D eigenvalue weighted by atomic mass is 9.88. The van der Waals surface area contributed by atoms with Crippen LogP contribution in [0, 0.1) is 6.92 Å². The van der Waals surface area contributed by atoms with Gasteiger partial charge in [0.25, 0.3) is 0 Å². The Morgan fingerprint density at radius 3 is 2.42 bits per heavy atom. The number of benzene rings is 4. The molecule has 6 rings (SSSR count). The van der Waals surface area contributed by atoms with E-state index < -0.39 is 0 Å². The Balaban J connectivity index is 1.36. The van der Waals surface area contributed by atoms with Gasteiger partial charge < -0.3 is 14.6 Å². The van der Waals surface area contributed by atoms with Crippen LogP contribution in [0.3, 0.4) is 0 Å². The van der Waals surface area contributed by atoms with Crippen molar-refractivity contribution in [2.24, 2.45) is 0 Å². The molecule has 0 aliphatic rings. The summed E-state index contributed by atoms with van der Waals surface area (Å²) in [6.45, 7) is 3.28. The number of carbonyl (C=O) groups excluding carboxylic acids is 1. The van der Waals surface area contributed by atoms with Crippen molar-refractivity contribution in [2.45, 2.75) is 32.4 Å². The minimum atomic E-state index is -0.199. The molecular formula is C37H32ClN3O2. The lowest BCUT2D eigenvalue weighted by Gasteiger charge is -2.18. The third-order valence-electron chi connectivity index (χ3n) is 7.61. The van der Waals surface area contributed by atoms with Crippen LogP contribution in [0.5, 0.6) is 11.5 Å². The van der Waals surface area contributed by atoms with E-state index >= 15 is 0 Å². The molecule has 2 heterocycles. The average molecular weight is 586 g/mol. The zero-order valence-corrected chi connectivity index (χ0v) is 24.7. The van der Waals surface area contributed by atoms with Crippen molar-refractivity contribution in [3.63, 3.8) is 0 Å². The number of pyridine rings is 1. The van der Waals surface area contributed by atoms with Gasteiger partial charge in [-0.3, -0.25) is 9.78 Å². The van der Waals surface area contributed by atoms with Crippen molar-refractivity contribution in [1.82, 2.24) is 14.9 Å². The van der Waals surface area contributed by atoms with E-state index in [0.717, 1.165) is 34.1 Å². The number of nitrogens with one attached hydrogen (secondary N) is 1. The number of halogens is 1. The van der Waals surface area contributed by atoms with Gasteiger partial charge in [0.1, 0.15) is 11.5 Å². The van der Waals surface area contributed by atoms with Crippen LogP contribution in [0.1, 0.15) is 40.2 Å². The summed E-state index contributed by atoms with van der Waals surface area (Å²) in [6, 6.07) is 36.2. The van der Waals surface area contributed by atoms with Crippen LogP contribution in [0.2, 0.25) is 5.02 Å². The number of nitrogens with zero attached hydrogens (tertiary/aromatic N) is 2. The van der Waals surface area contributed by atoms with E-state index in [-0.39, 0.29) is 18.2 Å². The van der Waals surface area contributed by atoms with Gasteiger partial charge >= 0.3 is 0 Å². The Morgan fingerprint density at radius 1 is 0.860 bits per heavy atom. The average Bonchev–Trinajstić information content (AvgIpc) is 3.39. The summed E-state index contributed by atoms with van der Waals surface area (Å²) in [5, 5.41) is 4.90. The van der Waals surface area contributed by atoms with Gasteiger partial charge in [0.15, 0.2) is 0 Å². The maximum atomic E-state index is 13.5. The molecule has 1 amide bonds. The lowest BCUT2D eigenvalue weighted by Crippen LogP contribution is -2.25. The molecule has 0 aliphatic carbocycles. The van der Waals surface area contributed by atoms with Crippen LogP contribution in [0.15, 0.2) is 128 Å². The van der Waals surface area contributed by atoms with Crippen LogP contribution in [0.4, 0.5) is 0 Å². The highest BCUT2D eigenvalue weighted by molar-refractivity contribution is 6.30. The monoisotopic (exact) mass is 585 g/mol. The Morgan fingerprint density at radius 2 is 1.63 bits per heavy atom. The van der Waals surface area contributed by atoms with E-state index in [1.807, 2.05) is 42.5 Å². The number of hydrogen-bond acceptors (Lipinski definition) is 3. The molecule has 6 heteroatoms. The van der Waals surface area contributed by atoms with Gasteiger partial charge in [-0.1, -0.05) is 71.8 Å². The highest BCUT2D eigenvalue weighted by atomic mass is 35.5. The molecule has 0 spiro atoms. The second-order valence-electron chi connectivity index (χ2n) is 10.7. The molecule has 0 saturated heterocycles. The first kappa shape index (κ1) is 28.3. The van der Waals surface area contributed by atoms with E-state index in [1.54, 1.807) is 24.5 Å². The number of amides is 1. The van der Waals surface area contributed by atoms with E-state index in [0.29, 0.717) is 23.1 Å². The van der Waals surface area contributed by atoms with Crippen LogP contribution in [-0.2, 0) is 17.9 Å². The fraction of sp³-hybridized carbons (Fsp3) is 0.135. The molecule has 0 radical (unpaired) electrons. The summed E-state index contributed by atoms with van der Waals surface area (Å²) in [5.41, 5.74) is 6.71. The molecular weight excluding hydrogens is 554 g/mol. The van der Waals surface area contributed by atoms with Crippen molar-refractivity contribution in [1.29, 1.82) is 0 Å². The zero-order chi connectivity index (χ0) is 29.6. The van der Waals surface area contributed by atoms with E-state index in [4.69, 9.17) is 16.3 Å². The van der Waals surface area contributed by atoms with Crippen molar-refractivity contribution < 1.29 is 9.53 Å². The topological polar surface area (TPSA) is 56.2 Å². The zero-order valence-electron chi connectivity index (χ0n) is 23.9. The van der Waals surface area contributed by atoms with Gasteiger partial charge in [-0.15, -0.1) is 0 Å². The van der Waals surface area contributed by atoms with Crippen molar-refractivity contribution in [3.8, 4) is 11.5 Å². The van der Waals surface area contributed by atoms with Crippen LogP contribution in [0.25, 0.3) is 10.9 Å². The first-order valence-corrected chi connectivity index (χ1v) is 14.7. The number of carbonyl (C=O) groups is 1. The summed E-state index contributed by atoms with van der Waals surface area (Å²) >= 11 is 6.07. The Hall–Kier alpha value is -4.87. The fourth-order valence-electron chi connectivity index (χ4n) is 5.37. The maximum absolute atomic E-state index is 13.5. The Labute approximate surface area is 256 Å². The number of aryl methyl sites for hydroxylation is 1. The van der Waals surface area contributed by atoms with Gasteiger partial charge in [0.05, 0.1) is 0 Å². The normalized spacial score (nSPS) is 11.8. The van der Waals surface area contributed by atoms with E-state index in [1.165, 1.54) is 11.1 Å². The fourth-order valence-corrected chi connectivity index (χ4v) is 5.50. The number of aromatic nitrogens is 2. The van der Waals surface area contributed by atoms with Crippen LogP contribution in [-0.4, -0.2) is 15.5 Å². The third-order valence-corrected chi connectivity index (χ3v) is 7.86. The van der Waals surface area contributed by atoms with Gasteiger partial charge in [0, 0.05) is 59.9 Å². The predicted octanol–water partition coefficient (Wildman–Crippen LogP) is 8.68. The molecule has 0 saturated carbocycles. The number of para-hydroxylation sites is 1. The summed E-state index contributed by atoms with van der Waals surface area (Å²) in [6.07, 6.45) is 5.96. The smallest absolute Gasteiger partial charge is 0.221 e. The minimum Gasteiger partial charge on any atom is -0.457 e. The standard InChI is InChI=1S/C37H32ClN3O2/c1-26-9-11-28(12-10-26)24-41-25-35(33-7-2-3-8-36(33)41)34(22-37(42)40-23-27-17-19-39-20-18-27)29-5-4-6-32(21-29)43-31-15-13-30(38)14-16-31/h2-21,25,34H,22-24H2,1H3,(H,40,42)/t34-/m0/s1. The van der Waals surface area contributed by atoms with Gasteiger partial charge in [-0.25, -0.2) is 0 Å². The number of fused-ring (bicyclic) bond motifs is 1. The summed E-state index contributed by atoms with van der Waals surface area (Å²) in [4.78, 5) is 17.5. The summed E-state index contributed by atoms with van der Waals surface area (Å²) < 4.78 is 8.46. The predicted molar refractivity (Wildman–Crippen MR) is 173 cm³/mol. The highest BCUT2D eigenvalue weighted by Gasteiger charge is 2.23. The van der Waals surface area contributed by atoms with Crippen LogP contribution < -0.4 is 10.1 Å². The molecule has 0 unspecified atom stereocenters. The molecule has 1 N–H and O–H groups in total. The molecule has 5 nitrogen and oxygen atoms in total. The van der Waals surface area contributed by atoms with Crippen LogP contribution >= 0.6 is 11.6 Å². The maximum Gasteiger partial charge on any atom is 0.221 e. The van der Waals surface area contributed by atoms with Gasteiger partial charge in [-0.2, -0.15) is 0 Å². The number of ether oxygens (including phenoxy) is 1. The molecule has 0 aliphatic heterocycles.